The van der Waals surface area contributed by atoms with E-state index in [0.717, 1.165) is 19.4 Å². The SMILES string of the molecule is CCCNC(CC)c1nnc(-c2ccco2)o1. The Balaban J connectivity index is 2.11. The van der Waals surface area contributed by atoms with E-state index in [4.69, 9.17) is 8.83 Å². The summed E-state index contributed by atoms with van der Waals surface area (Å²) in [6.45, 7) is 5.16. The number of aromatic nitrogens is 2. The number of nitrogens with one attached hydrogen (secondary N) is 1. The van der Waals surface area contributed by atoms with Gasteiger partial charge >= 0.3 is 0 Å². The monoisotopic (exact) mass is 235 g/mol. The summed E-state index contributed by atoms with van der Waals surface area (Å²) < 4.78 is 10.8. The summed E-state index contributed by atoms with van der Waals surface area (Å²) >= 11 is 0. The molecular formula is C12H17N3O2. The summed E-state index contributed by atoms with van der Waals surface area (Å²) in [6, 6.07) is 3.72. The molecule has 17 heavy (non-hydrogen) atoms. The molecule has 5 heteroatoms. The lowest BCUT2D eigenvalue weighted by Gasteiger charge is -2.11. The van der Waals surface area contributed by atoms with Gasteiger partial charge in [0.05, 0.1) is 12.3 Å². The van der Waals surface area contributed by atoms with Gasteiger partial charge in [-0.05, 0) is 31.5 Å². The first-order chi connectivity index (χ1) is 8.35. The smallest absolute Gasteiger partial charge is 0.283 e. The van der Waals surface area contributed by atoms with Crippen molar-refractivity contribution in [1.29, 1.82) is 0 Å². The summed E-state index contributed by atoms with van der Waals surface area (Å²) in [5.41, 5.74) is 0. The second-order valence-corrected chi connectivity index (χ2v) is 3.84. The molecule has 0 aliphatic carbocycles. The summed E-state index contributed by atoms with van der Waals surface area (Å²) in [4.78, 5) is 0. The lowest BCUT2D eigenvalue weighted by atomic mass is 10.2. The zero-order chi connectivity index (χ0) is 12.1. The van der Waals surface area contributed by atoms with Crippen LogP contribution in [0.1, 0.15) is 38.6 Å². The van der Waals surface area contributed by atoms with E-state index >= 15 is 0 Å². The maximum Gasteiger partial charge on any atom is 0.283 e. The van der Waals surface area contributed by atoms with Gasteiger partial charge in [-0.1, -0.05) is 13.8 Å². The van der Waals surface area contributed by atoms with E-state index in [1.54, 1.807) is 18.4 Å². The predicted octanol–water partition coefficient (Wildman–Crippen LogP) is 2.78. The van der Waals surface area contributed by atoms with Gasteiger partial charge in [0.2, 0.25) is 5.89 Å². The van der Waals surface area contributed by atoms with Gasteiger partial charge in [-0.3, -0.25) is 0 Å². The molecule has 0 aromatic carbocycles. The Bertz CT molecular complexity index is 436. The van der Waals surface area contributed by atoms with Crippen LogP contribution in [0.4, 0.5) is 0 Å². The van der Waals surface area contributed by atoms with E-state index in [-0.39, 0.29) is 6.04 Å². The highest BCUT2D eigenvalue weighted by molar-refractivity contribution is 5.42. The van der Waals surface area contributed by atoms with Gasteiger partial charge in [0.15, 0.2) is 5.76 Å². The minimum Gasteiger partial charge on any atom is -0.459 e. The number of rotatable bonds is 6. The Morgan fingerprint density at radius 2 is 2.24 bits per heavy atom. The summed E-state index contributed by atoms with van der Waals surface area (Å²) in [5, 5.41) is 11.4. The Kier molecular flexibility index (Phi) is 3.93. The zero-order valence-corrected chi connectivity index (χ0v) is 10.1. The third-order valence-corrected chi connectivity index (χ3v) is 2.52. The van der Waals surface area contributed by atoms with Crippen LogP contribution in [-0.4, -0.2) is 16.7 Å². The van der Waals surface area contributed by atoms with Gasteiger partial charge < -0.3 is 14.2 Å². The van der Waals surface area contributed by atoms with Crippen molar-refractivity contribution >= 4 is 0 Å². The van der Waals surface area contributed by atoms with Crippen LogP contribution in [0.3, 0.4) is 0 Å². The average Bonchev–Trinajstić information content (AvgIpc) is 3.00. The molecule has 0 fully saturated rings. The molecule has 0 spiro atoms. The van der Waals surface area contributed by atoms with Gasteiger partial charge in [0.1, 0.15) is 0 Å². The molecule has 0 amide bonds. The van der Waals surface area contributed by atoms with Crippen LogP contribution in [0, 0.1) is 0 Å². The second-order valence-electron chi connectivity index (χ2n) is 3.84. The maximum absolute atomic E-state index is 5.60. The number of nitrogens with zero attached hydrogens (tertiary/aromatic N) is 2. The largest absolute Gasteiger partial charge is 0.459 e. The Labute approximate surface area is 100 Å². The molecule has 0 bridgehead atoms. The highest BCUT2D eigenvalue weighted by Crippen LogP contribution is 2.22. The normalized spacial score (nSPS) is 12.8. The Morgan fingerprint density at radius 1 is 1.35 bits per heavy atom. The van der Waals surface area contributed by atoms with Gasteiger partial charge in [0.25, 0.3) is 5.89 Å². The zero-order valence-electron chi connectivity index (χ0n) is 10.1. The van der Waals surface area contributed by atoms with Gasteiger partial charge in [-0.25, -0.2) is 0 Å². The van der Waals surface area contributed by atoms with Crippen molar-refractivity contribution in [2.24, 2.45) is 0 Å². The molecule has 0 aliphatic heterocycles. The molecule has 0 saturated carbocycles. The van der Waals surface area contributed by atoms with E-state index in [2.05, 4.69) is 29.4 Å². The van der Waals surface area contributed by atoms with Crippen molar-refractivity contribution in [3.8, 4) is 11.7 Å². The van der Waals surface area contributed by atoms with Gasteiger partial charge in [-0.2, -0.15) is 0 Å². The van der Waals surface area contributed by atoms with Crippen molar-refractivity contribution in [2.75, 3.05) is 6.54 Å². The van der Waals surface area contributed by atoms with Crippen LogP contribution in [-0.2, 0) is 0 Å². The van der Waals surface area contributed by atoms with Crippen LogP contribution in [0.2, 0.25) is 0 Å². The maximum atomic E-state index is 5.60. The first-order valence-corrected chi connectivity index (χ1v) is 5.95. The van der Waals surface area contributed by atoms with E-state index in [0.29, 0.717) is 17.5 Å². The van der Waals surface area contributed by atoms with E-state index in [1.165, 1.54) is 0 Å². The molecule has 2 rings (SSSR count). The highest BCUT2D eigenvalue weighted by atomic mass is 16.4. The van der Waals surface area contributed by atoms with Crippen molar-refractivity contribution in [2.45, 2.75) is 32.7 Å². The second kappa shape index (κ2) is 5.63. The van der Waals surface area contributed by atoms with Crippen molar-refractivity contribution in [1.82, 2.24) is 15.5 Å². The molecule has 1 atom stereocenters. The fourth-order valence-electron chi connectivity index (χ4n) is 1.60. The summed E-state index contributed by atoms with van der Waals surface area (Å²) in [5.74, 6) is 1.66. The van der Waals surface area contributed by atoms with E-state index in [9.17, 15) is 0 Å². The van der Waals surface area contributed by atoms with Crippen LogP contribution in [0.5, 0.6) is 0 Å². The fourth-order valence-corrected chi connectivity index (χ4v) is 1.60. The lowest BCUT2D eigenvalue weighted by Crippen LogP contribution is -2.21. The molecule has 1 N–H and O–H groups in total. The average molecular weight is 235 g/mol. The number of hydrogen-bond acceptors (Lipinski definition) is 5. The van der Waals surface area contributed by atoms with E-state index < -0.39 is 0 Å². The number of furan rings is 1. The molecule has 1 unspecified atom stereocenters. The highest BCUT2D eigenvalue weighted by Gasteiger charge is 2.17. The standard InChI is InChI=1S/C12H17N3O2/c1-3-7-13-9(4-2)11-14-15-12(17-11)10-6-5-8-16-10/h5-6,8-9,13H,3-4,7H2,1-2H3. The van der Waals surface area contributed by atoms with Crippen molar-refractivity contribution < 1.29 is 8.83 Å². The molecular weight excluding hydrogens is 218 g/mol. The third kappa shape index (κ3) is 2.74. The quantitative estimate of drug-likeness (QED) is 0.834. The molecule has 0 radical (unpaired) electrons. The Hall–Kier alpha value is -1.62. The molecule has 2 aromatic rings. The van der Waals surface area contributed by atoms with Crippen LogP contribution >= 0.6 is 0 Å². The molecule has 2 aromatic heterocycles. The molecule has 0 aliphatic rings. The van der Waals surface area contributed by atoms with Crippen LogP contribution < -0.4 is 5.32 Å². The predicted molar refractivity (Wildman–Crippen MR) is 63.3 cm³/mol. The first-order valence-electron chi connectivity index (χ1n) is 5.95. The number of hydrogen-bond donors (Lipinski definition) is 1. The minimum absolute atomic E-state index is 0.117. The molecule has 2 heterocycles. The first kappa shape index (κ1) is 11.9. The summed E-state index contributed by atoms with van der Waals surface area (Å²) in [6.07, 6.45) is 3.58. The minimum atomic E-state index is 0.117. The van der Waals surface area contributed by atoms with E-state index in [1.807, 2.05) is 0 Å². The third-order valence-electron chi connectivity index (χ3n) is 2.52. The van der Waals surface area contributed by atoms with Gasteiger partial charge in [0, 0.05) is 0 Å². The topological polar surface area (TPSA) is 64.1 Å². The molecule has 92 valence electrons. The van der Waals surface area contributed by atoms with Crippen molar-refractivity contribution in [3.05, 3.63) is 24.3 Å². The Morgan fingerprint density at radius 3 is 2.88 bits per heavy atom. The van der Waals surface area contributed by atoms with Crippen LogP contribution in [0.15, 0.2) is 27.2 Å². The van der Waals surface area contributed by atoms with Crippen LogP contribution in [0.25, 0.3) is 11.7 Å². The van der Waals surface area contributed by atoms with Crippen molar-refractivity contribution in [3.63, 3.8) is 0 Å². The fraction of sp³-hybridized carbons (Fsp3) is 0.500. The molecule has 0 saturated heterocycles. The lowest BCUT2D eigenvalue weighted by molar-refractivity contribution is 0.391. The van der Waals surface area contributed by atoms with Gasteiger partial charge in [-0.15, -0.1) is 10.2 Å². The summed E-state index contributed by atoms with van der Waals surface area (Å²) in [7, 11) is 0. The molecule has 5 nitrogen and oxygen atoms in total.